The summed E-state index contributed by atoms with van der Waals surface area (Å²) >= 11 is 1.53. The summed E-state index contributed by atoms with van der Waals surface area (Å²) in [5.41, 5.74) is 1.60. The van der Waals surface area contributed by atoms with E-state index >= 15 is 0 Å². The molecule has 2 atom stereocenters. The Morgan fingerprint density at radius 2 is 2.17 bits per heavy atom. The molecule has 0 amide bonds. The standard InChI is InChI=1S/C16H20N2O4S/c1-3-22-16-5-4-12(8-14(16)18(20)21)11(2)17-9-15(19)13-6-7-23-10-13/h4-8,10-11,15,17,19H,3,9H2,1-2H3. The van der Waals surface area contributed by atoms with Crippen molar-refractivity contribution >= 4 is 17.0 Å². The summed E-state index contributed by atoms with van der Waals surface area (Å²) in [7, 11) is 0. The molecule has 0 aliphatic carbocycles. The van der Waals surface area contributed by atoms with Crippen LogP contribution in [0.2, 0.25) is 0 Å². The monoisotopic (exact) mass is 336 g/mol. The summed E-state index contributed by atoms with van der Waals surface area (Å²) in [6.07, 6.45) is -0.596. The number of rotatable bonds is 8. The molecule has 0 aliphatic heterocycles. The molecule has 1 aromatic carbocycles. The maximum atomic E-state index is 11.2. The van der Waals surface area contributed by atoms with Crippen molar-refractivity contribution in [3.8, 4) is 5.75 Å². The van der Waals surface area contributed by atoms with E-state index in [1.54, 1.807) is 19.1 Å². The fraction of sp³-hybridized carbons (Fsp3) is 0.375. The number of thiophene rings is 1. The first kappa shape index (κ1) is 17.4. The summed E-state index contributed by atoms with van der Waals surface area (Å²) in [6.45, 7) is 4.44. The first-order valence-electron chi connectivity index (χ1n) is 7.37. The third kappa shape index (κ3) is 4.51. The van der Waals surface area contributed by atoms with E-state index in [4.69, 9.17) is 4.74 Å². The van der Waals surface area contributed by atoms with Crippen LogP contribution in [0.3, 0.4) is 0 Å². The van der Waals surface area contributed by atoms with Gasteiger partial charge in [-0.05, 0) is 47.9 Å². The van der Waals surface area contributed by atoms with E-state index < -0.39 is 11.0 Å². The molecule has 0 spiro atoms. The number of nitrogens with one attached hydrogen (secondary N) is 1. The number of nitro benzene ring substituents is 1. The molecule has 1 aromatic heterocycles. The van der Waals surface area contributed by atoms with Gasteiger partial charge in [-0.15, -0.1) is 0 Å². The average Bonchev–Trinajstić information content (AvgIpc) is 3.07. The highest BCUT2D eigenvalue weighted by Crippen LogP contribution is 2.30. The molecule has 0 saturated heterocycles. The van der Waals surface area contributed by atoms with Gasteiger partial charge in [-0.25, -0.2) is 0 Å². The lowest BCUT2D eigenvalue weighted by Crippen LogP contribution is -2.24. The van der Waals surface area contributed by atoms with Crippen molar-refractivity contribution in [2.45, 2.75) is 26.0 Å². The van der Waals surface area contributed by atoms with Crippen molar-refractivity contribution in [3.05, 3.63) is 56.3 Å². The molecule has 2 rings (SSSR count). The second-order valence-corrected chi connectivity index (χ2v) is 5.90. The molecule has 2 N–H and O–H groups in total. The first-order valence-corrected chi connectivity index (χ1v) is 8.31. The van der Waals surface area contributed by atoms with Crippen LogP contribution < -0.4 is 10.1 Å². The summed E-state index contributed by atoms with van der Waals surface area (Å²) in [6, 6.07) is 6.68. The lowest BCUT2D eigenvalue weighted by Gasteiger charge is -2.17. The molecule has 1 heterocycles. The van der Waals surface area contributed by atoms with Crippen LogP contribution in [0.4, 0.5) is 5.69 Å². The molecule has 0 saturated carbocycles. The zero-order valence-corrected chi connectivity index (χ0v) is 13.9. The predicted molar refractivity (Wildman–Crippen MR) is 90.0 cm³/mol. The van der Waals surface area contributed by atoms with E-state index in [0.29, 0.717) is 13.2 Å². The van der Waals surface area contributed by atoms with Gasteiger partial charge in [0.25, 0.3) is 0 Å². The largest absolute Gasteiger partial charge is 0.487 e. The molecule has 124 valence electrons. The Hall–Kier alpha value is -1.96. The van der Waals surface area contributed by atoms with Gasteiger partial charge in [0, 0.05) is 18.7 Å². The van der Waals surface area contributed by atoms with Gasteiger partial charge >= 0.3 is 5.69 Å². The van der Waals surface area contributed by atoms with E-state index in [2.05, 4.69) is 5.32 Å². The number of aliphatic hydroxyl groups excluding tert-OH is 1. The molecule has 0 radical (unpaired) electrons. The van der Waals surface area contributed by atoms with E-state index in [9.17, 15) is 15.2 Å². The van der Waals surface area contributed by atoms with Crippen LogP contribution in [-0.4, -0.2) is 23.2 Å². The molecular formula is C16H20N2O4S. The number of nitrogens with zero attached hydrogens (tertiary/aromatic N) is 1. The quantitative estimate of drug-likeness (QED) is 0.570. The fourth-order valence-corrected chi connectivity index (χ4v) is 2.92. The second-order valence-electron chi connectivity index (χ2n) is 5.12. The summed E-state index contributed by atoms with van der Waals surface area (Å²) in [4.78, 5) is 10.7. The van der Waals surface area contributed by atoms with E-state index in [1.807, 2.05) is 23.8 Å². The minimum absolute atomic E-state index is 0.0450. The van der Waals surface area contributed by atoms with E-state index in [0.717, 1.165) is 11.1 Å². The van der Waals surface area contributed by atoms with Gasteiger partial charge in [0.15, 0.2) is 5.75 Å². The number of benzene rings is 1. The van der Waals surface area contributed by atoms with Crippen molar-refractivity contribution in [1.82, 2.24) is 5.32 Å². The Bertz CT molecular complexity index is 646. The molecule has 2 aromatic rings. The smallest absolute Gasteiger partial charge is 0.311 e. The van der Waals surface area contributed by atoms with E-state index in [1.165, 1.54) is 17.4 Å². The predicted octanol–water partition coefficient (Wildman–Crippen LogP) is 3.44. The van der Waals surface area contributed by atoms with Crippen molar-refractivity contribution in [3.63, 3.8) is 0 Å². The molecule has 2 unspecified atom stereocenters. The second kappa shape index (κ2) is 8.05. The maximum Gasteiger partial charge on any atom is 0.311 e. The van der Waals surface area contributed by atoms with Crippen LogP contribution in [0.5, 0.6) is 5.75 Å². The molecule has 6 nitrogen and oxygen atoms in total. The Morgan fingerprint density at radius 1 is 1.39 bits per heavy atom. The van der Waals surface area contributed by atoms with Crippen LogP contribution in [-0.2, 0) is 0 Å². The van der Waals surface area contributed by atoms with Gasteiger partial charge in [0.2, 0.25) is 0 Å². The van der Waals surface area contributed by atoms with Gasteiger partial charge in [0.05, 0.1) is 17.6 Å². The van der Waals surface area contributed by atoms with Crippen LogP contribution in [0.1, 0.15) is 37.1 Å². The van der Waals surface area contributed by atoms with Crippen molar-refractivity contribution < 1.29 is 14.8 Å². The van der Waals surface area contributed by atoms with E-state index in [-0.39, 0.29) is 17.5 Å². The number of ether oxygens (including phenoxy) is 1. The highest BCUT2D eigenvalue weighted by Gasteiger charge is 2.18. The highest BCUT2D eigenvalue weighted by molar-refractivity contribution is 7.07. The Labute approximate surface area is 138 Å². The fourth-order valence-electron chi connectivity index (χ4n) is 2.21. The first-order chi connectivity index (χ1) is 11.0. The Morgan fingerprint density at radius 3 is 2.78 bits per heavy atom. The van der Waals surface area contributed by atoms with Crippen molar-refractivity contribution in [2.24, 2.45) is 0 Å². The molecule has 23 heavy (non-hydrogen) atoms. The lowest BCUT2D eigenvalue weighted by molar-refractivity contribution is -0.385. The zero-order valence-electron chi connectivity index (χ0n) is 13.1. The Balaban J connectivity index is 2.05. The van der Waals surface area contributed by atoms with Crippen molar-refractivity contribution in [1.29, 1.82) is 0 Å². The van der Waals surface area contributed by atoms with Gasteiger partial charge in [-0.2, -0.15) is 11.3 Å². The normalized spacial score (nSPS) is 13.5. The summed E-state index contributed by atoms with van der Waals surface area (Å²) in [5, 5.41) is 28.2. The third-order valence-corrected chi connectivity index (χ3v) is 4.23. The summed E-state index contributed by atoms with van der Waals surface area (Å²) in [5.74, 6) is 0.270. The molecule has 7 heteroatoms. The van der Waals surface area contributed by atoms with Gasteiger partial charge in [-0.1, -0.05) is 6.07 Å². The number of nitro groups is 1. The van der Waals surface area contributed by atoms with Gasteiger partial charge in [-0.3, -0.25) is 10.1 Å². The molecule has 0 aliphatic rings. The maximum absolute atomic E-state index is 11.2. The summed E-state index contributed by atoms with van der Waals surface area (Å²) < 4.78 is 5.28. The van der Waals surface area contributed by atoms with Crippen LogP contribution in [0, 0.1) is 10.1 Å². The minimum Gasteiger partial charge on any atom is -0.487 e. The van der Waals surface area contributed by atoms with Crippen LogP contribution in [0.25, 0.3) is 0 Å². The number of aliphatic hydroxyl groups is 1. The van der Waals surface area contributed by atoms with Crippen molar-refractivity contribution in [2.75, 3.05) is 13.2 Å². The topological polar surface area (TPSA) is 84.6 Å². The SMILES string of the molecule is CCOc1ccc(C(C)NCC(O)c2ccsc2)cc1[N+](=O)[O-]. The average molecular weight is 336 g/mol. The number of hydrogen-bond acceptors (Lipinski definition) is 6. The molecular weight excluding hydrogens is 316 g/mol. The van der Waals surface area contributed by atoms with Gasteiger partial charge in [0.1, 0.15) is 0 Å². The van der Waals surface area contributed by atoms with Crippen LogP contribution in [0.15, 0.2) is 35.0 Å². The Kier molecular flexibility index (Phi) is 6.09. The van der Waals surface area contributed by atoms with Crippen LogP contribution >= 0.6 is 11.3 Å². The highest BCUT2D eigenvalue weighted by atomic mass is 32.1. The lowest BCUT2D eigenvalue weighted by atomic mass is 10.1. The molecule has 0 fully saturated rings. The van der Waals surface area contributed by atoms with Gasteiger partial charge < -0.3 is 15.2 Å². The zero-order chi connectivity index (χ0) is 16.8. The minimum atomic E-state index is -0.596. The molecule has 0 bridgehead atoms. The third-order valence-electron chi connectivity index (χ3n) is 3.52. The number of hydrogen-bond donors (Lipinski definition) is 2.